The molecule has 6 heteroatoms. The molecule has 156 valence electrons. The average Bonchev–Trinajstić information content (AvgIpc) is 2.72. The first-order chi connectivity index (χ1) is 13.5. The van der Waals surface area contributed by atoms with Crippen LogP contribution in [0, 0.1) is 0 Å². The quantitative estimate of drug-likeness (QED) is 0.558. The number of likely N-dealkylation sites (tertiary alicyclic amines) is 1. The van der Waals surface area contributed by atoms with E-state index in [4.69, 9.17) is 0 Å². The van der Waals surface area contributed by atoms with Gasteiger partial charge in [0.15, 0.2) is 5.96 Å². The Morgan fingerprint density at radius 2 is 1.79 bits per heavy atom. The smallest absolute Gasteiger partial charge is 0.253 e. The van der Waals surface area contributed by atoms with Crippen LogP contribution in [0.5, 0.6) is 0 Å². The van der Waals surface area contributed by atoms with E-state index in [1.165, 1.54) is 0 Å². The SMILES string of the molecule is CCN(CC)C(=O)c1ccc(CNC(=NC)NC2CCN(C(C)C)CC2)cc1. The summed E-state index contributed by atoms with van der Waals surface area (Å²) in [5.74, 6) is 0.931. The molecular weight excluding hydrogens is 350 g/mol. The largest absolute Gasteiger partial charge is 0.354 e. The summed E-state index contributed by atoms with van der Waals surface area (Å²) in [5.41, 5.74) is 1.88. The fraction of sp³-hybridized carbons (Fsp3) is 0.636. The van der Waals surface area contributed by atoms with Gasteiger partial charge >= 0.3 is 0 Å². The monoisotopic (exact) mass is 387 g/mol. The fourth-order valence-corrected chi connectivity index (χ4v) is 3.59. The molecule has 0 aliphatic carbocycles. The number of hydrogen-bond acceptors (Lipinski definition) is 3. The summed E-state index contributed by atoms with van der Waals surface area (Å²) in [6, 6.07) is 8.94. The van der Waals surface area contributed by atoms with Crippen LogP contribution in [-0.4, -0.2) is 67.0 Å². The van der Waals surface area contributed by atoms with Crippen LogP contribution in [0.4, 0.5) is 0 Å². The van der Waals surface area contributed by atoms with Crippen LogP contribution in [0.3, 0.4) is 0 Å². The Morgan fingerprint density at radius 1 is 1.18 bits per heavy atom. The molecule has 6 nitrogen and oxygen atoms in total. The van der Waals surface area contributed by atoms with Crippen molar-refractivity contribution in [2.24, 2.45) is 4.99 Å². The van der Waals surface area contributed by atoms with E-state index in [-0.39, 0.29) is 5.91 Å². The number of hydrogen-bond donors (Lipinski definition) is 2. The average molecular weight is 388 g/mol. The van der Waals surface area contributed by atoms with Gasteiger partial charge in [0, 0.05) is 57.4 Å². The number of rotatable bonds is 7. The lowest BCUT2D eigenvalue weighted by Gasteiger charge is -2.35. The lowest BCUT2D eigenvalue weighted by molar-refractivity contribution is 0.0773. The van der Waals surface area contributed by atoms with Gasteiger partial charge < -0.3 is 20.4 Å². The van der Waals surface area contributed by atoms with Gasteiger partial charge in [-0.2, -0.15) is 0 Å². The highest BCUT2D eigenvalue weighted by atomic mass is 16.2. The number of piperidine rings is 1. The first-order valence-electron chi connectivity index (χ1n) is 10.6. The Morgan fingerprint density at radius 3 is 2.29 bits per heavy atom. The lowest BCUT2D eigenvalue weighted by Crippen LogP contribution is -2.49. The lowest BCUT2D eigenvalue weighted by atomic mass is 10.0. The van der Waals surface area contributed by atoms with Crippen molar-refractivity contribution in [3.8, 4) is 0 Å². The number of nitrogens with zero attached hydrogens (tertiary/aromatic N) is 3. The molecular formula is C22H37N5O. The third-order valence-corrected chi connectivity index (χ3v) is 5.54. The molecule has 1 amide bonds. The molecule has 1 aliphatic rings. The van der Waals surface area contributed by atoms with Crippen molar-refractivity contribution in [1.29, 1.82) is 0 Å². The maximum atomic E-state index is 12.4. The first kappa shape index (κ1) is 22.2. The number of benzene rings is 1. The van der Waals surface area contributed by atoms with Gasteiger partial charge in [-0.1, -0.05) is 12.1 Å². The summed E-state index contributed by atoms with van der Waals surface area (Å²) in [6.07, 6.45) is 2.28. The molecule has 1 aromatic rings. The van der Waals surface area contributed by atoms with Gasteiger partial charge in [-0.25, -0.2) is 0 Å². The van der Waals surface area contributed by atoms with E-state index in [0.29, 0.717) is 18.6 Å². The minimum atomic E-state index is 0.0923. The molecule has 0 spiro atoms. The molecule has 2 N–H and O–H groups in total. The normalized spacial score (nSPS) is 16.3. The Hall–Kier alpha value is -2.08. The number of amides is 1. The van der Waals surface area contributed by atoms with Gasteiger partial charge in [0.2, 0.25) is 0 Å². The minimum Gasteiger partial charge on any atom is -0.354 e. The van der Waals surface area contributed by atoms with Crippen LogP contribution >= 0.6 is 0 Å². The van der Waals surface area contributed by atoms with Crippen LogP contribution in [0.15, 0.2) is 29.3 Å². The zero-order chi connectivity index (χ0) is 20.5. The number of guanidine groups is 1. The minimum absolute atomic E-state index is 0.0923. The second-order valence-electron chi connectivity index (χ2n) is 7.65. The third kappa shape index (κ3) is 6.23. The molecule has 0 bridgehead atoms. The van der Waals surface area contributed by atoms with Crippen molar-refractivity contribution >= 4 is 11.9 Å². The summed E-state index contributed by atoms with van der Waals surface area (Å²) < 4.78 is 0. The molecule has 1 aromatic carbocycles. The molecule has 2 rings (SSSR count). The van der Waals surface area contributed by atoms with Crippen LogP contribution in [0.2, 0.25) is 0 Å². The number of aliphatic imine (C=N–C) groups is 1. The van der Waals surface area contributed by atoms with Crippen LogP contribution < -0.4 is 10.6 Å². The molecule has 28 heavy (non-hydrogen) atoms. The van der Waals surface area contributed by atoms with Gasteiger partial charge in [-0.15, -0.1) is 0 Å². The van der Waals surface area contributed by atoms with Gasteiger partial charge in [-0.3, -0.25) is 9.79 Å². The maximum Gasteiger partial charge on any atom is 0.253 e. The summed E-state index contributed by atoms with van der Waals surface area (Å²) in [4.78, 5) is 21.1. The predicted octanol–water partition coefficient (Wildman–Crippen LogP) is 2.71. The van der Waals surface area contributed by atoms with Crippen LogP contribution in [0.25, 0.3) is 0 Å². The van der Waals surface area contributed by atoms with Gasteiger partial charge in [0.1, 0.15) is 0 Å². The van der Waals surface area contributed by atoms with E-state index in [1.54, 1.807) is 0 Å². The van der Waals surface area contributed by atoms with E-state index in [1.807, 2.05) is 50.1 Å². The molecule has 1 saturated heterocycles. The van der Waals surface area contributed by atoms with Crippen LogP contribution in [-0.2, 0) is 6.54 Å². The van der Waals surface area contributed by atoms with E-state index in [9.17, 15) is 4.79 Å². The van der Waals surface area contributed by atoms with Gasteiger partial charge in [0.25, 0.3) is 5.91 Å². The van der Waals surface area contributed by atoms with Crippen molar-refractivity contribution in [1.82, 2.24) is 20.4 Å². The highest BCUT2D eigenvalue weighted by Gasteiger charge is 2.21. The zero-order valence-corrected chi connectivity index (χ0v) is 18.2. The van der Waals surface area contributed by atoms with Crippen molar-refractivity contribution in [2.45, 2.75) is 59.2 Å². The number of nitrogens with one attached hydrogen (secondary N) is 2. The Bertz CT molecular complexity index is 629. The fourth-order valence-electron chi connectivity index (χ4n) is 3.59. The molecule has 0 aromatic heterocycles. The molecule has 0 saturated carbocycles. The van der Waals surface area contributed by atoms with Crippen molar-refractivity contribution < 1.29 is 4.79 Å². The molecule has 0 unspecified atom stereocenters. The van der Waals surface area contributed by atoms with E-state index in [0.717, 1.165) is 56.1 Å². The standard InChI is InChI=1S/C22H37N5O/c1-6-26(7-2)21(28)19-10-8-18(9-11-19)16-24-22(23-5)25-20-12-14-27(15-13-20)17(3)4/h8-11,17,20H,6-7,12-16H2,1-5H3,(H2,23,24,25). The highest BCUT2D eigenvalue weighted by molar-refractivity contribution is 5.94. The first-order valence-corrected chi connectivity index (χ1v) is 10.6. The van der Waals surface area contributed by atoms with Gasteiger partial charge in [0.05, 0.1) is 0 Å². The van der Waals surface area contributed by atoms with Crippen molar-refractivity contribution in [2.75, 3.05) is 33.2 Å². The molecule has 0 atom stereocenters. The van der Waals surface area contributed by atoms with Crippen molar-refractivity contribution in [3.63, 3.8) is 0 Å². The Balaban J connectivity index is 1.83. The Kier molecular flexibility index (Phi) is 8.77. The second kappa shape index (κ2) is 11.1. The predicted molar refractivity (Wildman–Crippen MR) is 117 cm³/mol. The summed E-state index contributed by atoms with van der Waals surface area (Å²) in [5, 5.41) is 6.94. The molecule has 1 aliphatic heterocycles. The van der Waals surface area contributed by atoms with E-state index >= 15 is 0 Å². The third-order valence-electron chi connectivity index (χ3n) is 5.54. The van der Waals surface area contributed by atoms with E-state index < -0.39 is 0 Å². The van der Waals surface area contributed by atoms with Crippen molar-refractivity contribution in [3.05, 3.63) is 35.4 Å². The van der Waals surface area contributed by atoms with E-state index in [2.05, 4.69) is 34.4 Å². The van der Waals surface area contributed by atoms with Crippen LogP contribution in [0.1, 0.15) is 56.5 Å². The molecule has 1 fully saturated rings. The molecule has 1 heterocycles. The number of carbonyl (C=O) groups excluding carboxylic acids is 1. The Labute approximate surface area is 170 Å². The molecule has 0 radical (unpaired) electrons. The zero-order valence-electron chi connectivity index (χ0n) is 18.2. The topological polar surface area (TPSA) is 60.0 Å². The summed E-state index contributed by atoms with van der Waals surface area (Å²) in [6.45, 7) is 12.9. The van der Waals surface area contributed by atoms with Gasteiger partial charge in [-0.05, 0) is 58.2 Å². The number of carbonyl (C=O) groups is 1. The maximum absolute atomic E-state index is 12.4. The summed E-state index contributed by atoms with van der Waals surface area (Å²) >= 11 is 0. The second-order valence-corrected chi connectivity index (χ2v) is 7.65. The summed E-state index contributed by atoms with van der Waals surface area (Å²) in [7, 11) is 1.81. The highest BCUT2D eigenvalue weighted by Crippen LogP contribution is 2.13.